The van der Waals surface area contributed by atoms with Gasteiger partial charge >= 0.3 is 0 Å². The van der Waals surface area contributed by atoms with Gasteiger partial charge in [0.05, 0.1) is 18.0 Å². The molecule has 1 amide bonds. The Labute approximate surface area is 167 Å². The summed E-state index contributed by atoms with van der Waals surface area (Å²) < 4.78 is 26.4. The molecule has 0 spiro atoms. The number of fused-ring (bicyclic) bond motifs is 1. The minimum Gasteiger partial charge on any atom is -0.347 e. The van der Waals surface area contributed by atoms with Crippen LogP contribution in [-0.2, 0) is 21.2 Å². The highest BCUT2D eigenvalue weighted by molar-refractivity contribution is 7.92. The van der Waals surface area contributed by atoms with Crippen LogP contribution >= 0.6 is 0 Å². The van der Waals surface area contributed by atoms with Crippen molar-refractivity contribution in [1.29, 1.82) is 0 Å². The van der Waals surface area contributed by atoms with E-state index in [4.69, 9.17) is 0 Å². The highest BCUT2D eigenvalue weighted by atomic mass is 32.2. The summed E-state index contributed by atoms with van der Waals surface area (Å²) in [5.41, 5.74) is 3.86. The van der Waals surface area contributed by atoms with Gasteiger partial charge in [0.25, 0.3) is 0 Å². The van der Waals surface area contributed by atoms with Crippen LogP contribution in [0.15, 0.2) is 48.5 Å². The zero-order chi connectivity index (χ0) is 20.3. The van der Waals surface area contributed by atoms with Crippen LogP contribution in [0.3, 0.4) is 0 Å². The van der Waals surface area contributed by atoms with E-state index in [2.05, 4.69) is 17.4 Å². The van der Waals surface area contributed by atoms with Crippen molar-refractivity contribution in [2.45, 2.75) is 51.6 Å². The van der Waals surface area contributed by atoms with Gasteiger partial charge in [0.1, 0.15) is 6.04 Å². The largest absolute Gasteiger partial charge is 0.347 e. The number of hydrogen-bond donors (Lipinski definition) is 1. The number of rotatable bonds is 6. The van der Waals surface area contributed by atoms with Gasteiger partial charge in [0.15, 0.2) is 0 Å². The van der Waals surface area contributed by atoms with Crippen LogP contribution < -0.4 is 9.62 Å². The van der Waals surface area contributed by atoms with Crippen LogP contribution in [-0.4, -0.2) is 26.6 Å². The van der Waals surface area contributed by atoms with Crippen molar-refractivity contribution in [3.8, 4) is 0 Å². The minimum absolute atomic E-state index is 0.0783. The molecule has 0 unspecified atom stereocenters. The van der Waals surface area contributed by atoms with Crippen LogP contribution in [0.4, 0.5) is 5.69 Å². The zero-order valence-corrected chi connectivity index (χ0v) is 17.5. The van der Waals surface area contributed by atoms with Crippen molar-refractivity contribution in [3.63, 3.8) is 0 Å². The van der Waals surface area contributed by atoms with Crippen molar-refractivity contribution in [3.05, 3.63) is 65.2 Å². The highest BCUT2D eigenvalue weighted by Crippen LogP contribution is 2.30. The summed E-state index contributed by atoms with van der Waals surface area (Å²) in [5, 5.41) is 3.12. The SMILES string of the molecule is CC[C@H](C(=O)N[C@@H]1CCCc2ccccc21)N(c1cccc(C)c1)S(C)(=O)=O. The molecule has 0 fully saturated rings. The Hall–Kier alpha value is -2.34. The van der Waals surface area contributed by atoms with Gasteiger partial charge in [-0.25, -0.2) is 8.42 Å². The lowest BCUT2D eigenvalue weighted by molar-refractivity contribution is -0.123. The number of hydrogen-bond acceptors (Lipinski definition) is 3. The smallest absolute Gasteiger partial charge is 0.244 e. The van der Waals surface area contributed by atoms with E-state index < -0.39 is 16.1 Å². The lowest BCUT2D eigenvalue weighted by atomic mass is 9.87. The maximum absolute atomic E-state index is 13.2. The van der Waals surface area contributed by atoms with Gasteiger partial charge in [0.2, 0.25) is 15.9 Å². The van der Waals surface area contributed by atoms with Crippen molar-refractivity contribution in [2.24, 2.45) is 0 Å². The Kier molecular flexibility index (Phi) is 6.08. The molecule has 1 N–H and O–H groups in total. The molecule has 2 atom stereocenters. The number of amides is 1. The lowest BCUT2D eigenvalue weighted by Gasteiger charge is -2.33. The number of nitrogens with one attached hydrogen (secondary N) is 1. The Morgan fingerprint density at radius 2 is 1.96 bits per heavy atom. The van der Waals surface area contributed by atoms with Gasteiger partial charge in [-0.2, -0.15) is 0 Å². The summed E-state index contributed by atoms with van der Waals surface area (Å²) in [4.78, 5) is 13.2. The molecule has 0 saturated heterocycles. The second kappa shape index (κ2) is 8.35. The predicted molar refractivity (Wildman–Crippen MR) is 113 cm³/mol. The Morgan fingerprint density at radius 1 is 1.21 bits per heavy atom. The molecular weight excluding hydrogens is 372 g/mol. The van der Waals surface area contributed by atoms with Crippen LogP contribution in [0.5, 0.6) is 0 Å². The predicted octanol–water partition coefficient (Wildman–Crippen LogP) is 3.73. The van der Waals surface area contributed by atoms with Gasteiger partial charge in [-0.15, -0.1) is 0 Å². The molecule has 1 aliphatic carbocycles. The molecule has 0 saturated carbocycles. The van der Waals surface area contributed by atoms with E-state index in [0.29, 0.717) is 12.1 Å². The normalized spacial score (nSPS) is 17.5. The van der Waals surface area contributed by atoms with Gasteiger partial charge in [-0.05, 0) is 61.4 Å². The highest BCUT2D eigenvalue weighted by Gasteiger charge is 2.33. The van der Waals surface area contributed by atoms with Gasteiger partial charge in [-0.3, -0.25) is 9.10 Å². The summed E-state index contributed by atoms with van der Waals surface area (Å²) >= 11 is 0. The molecule has 3 rings (SSSR count). The van der Waals surface area contributed by atoms with Gasteiger partial charge in [-0.1, -0.05) is 43.3 Å². The van der Waals surface area contributed by atoms with Crippen molar-refractivity contribution in [2.75, 3.05) is 10.6 Å². The Morgan fingerprint density at radius 3 is 2.64 bits per heavy atom. The number of carbonyl (C=O) groups excluding carboxylic acids is 1. The first-order valence-electron chi connectivity index (χ1n) is 9.75. The molecule has 0 bridgehead atoms. The van der Waals surface area contributed by atoms with E-state index in [9.17, 15) is 13.2 Å². The van der Waals surface area contributed by atoms with Crippen molar-refractivity contribution < 1.29 is 13.2 Å². The topological polar surface area (TPSA) is 66.5 Å². The van der Waals surface area contributed by atoms with Crippen LogP contribution in [0.2, 0.25) is 0 Å². The second-order valence-electron chi connectivity index (χ2n) is 7.47. The quantitative estimate of drug-likeness (QED) is 0.803. The lowest BCUT2D eigenvalue weighted by Crippen LogP contribution is -2.50. The number of benzene rings is 2. The van der Waals surface area contributed by atoms with E-state index in [1.54, 1.807) is 12.1 Å². The summed E-state index contributed by atoms with van der Waals surface area (Å²) in [6.07, 6.45) is 4.43. The van der Waals surface area contributed by atoms with Crippen molar-refractivity contribution >= 4 is 21.6 Å². The third kappa shape index (κ3) is 4.38. The van der Waals surface area contributed by atoms with E-state index in [-0.39, 0.29) is 11.9 Å². The molecule has 0 aromatic heterocycles. The standard InChI is InChI=1S/C22H28N2O3S/c1-4-21(24(28(3,26)27)18-12-7-9-16(2)15-18)22(25)23-20-14-8-11-17-10-5-6-13-19(17)20/h5-7,9-10,12-13,15,20-21H,4,8,11,14H2,1-3H3,(H,23,25)/t20-,21-/m1/s1. The molecule has 0 aliphatic heterocycles. The summed E-state index contributed by atoms with van der Waals surface area (Å²) in [7, 11) is -3.62. The number of anilines is 1. The molecule has 6 heteroatoms. The average molecular weight is 401 g/mol. The van der Waals surface area contributed by atoms with Gasteiger partial charge in [0, 0.05) is 0 Å². The Balaban J connectivity index is 1.90. The summed E-state index contributed by atoms with van der Waals surface area (Å²) in [6.45, 7) is 3.75. The maximum atomic E-state index is 13.2. The second-order valence-corrected chi connectivity index (χ2v) is 9.33. The first kappa shape index (κ1) is 20.4. The van der Waals surface area contributed by atoms with E-state index in [1.165, 1.54) is 9.87 Å². The molecule has 150 valence electrons. The zero-order valence-electron chi connectivity index (χ0n) is 16.7. The molecule has 2 aromatic carbocycles. The monoisotopic (exact) mass is 400 g/mol. The molecule has 28 heavy (non-hydrogen) atoms. The number of aryl methyl sites for hydroxylation is 2. The molecule has 0 heterocycles. The first-order valence-corrected chi connectivity index (χ1v) is 11.6. The average Bonchev–Trinajstić information content (AvgIpc) is 2.65. The molecule has 2 aromatic rings. The van der Waals surface area contributed by atoms with Crippen molar-refractivity contribution in [1.82, 2.24) is 5.32 Å². The van der Waals surface area contributed by atoms with Crippen LogP contribution in [0, 0.1) is 6.92 Å². The molecular formula is C22H28N2O3S. The Bertz CT molecular complexity index is 956. The number of nitrogens with zero attached hydrogens (tertiary/aromatic N) is 1. The maximum Gasteiger partial charge on any atom is 0.244 e. The molecule has 5 nitrogen and oxygen atoms in total. The first-order chi connectivity index (χ1) is 13.3. The third-order valence-electron chi connectivity index (χ3n) is 5.27. The fourth-order valence-corrected chi connectivity index (χ4v) is 5.20. The summed E-state index contributed by atoms with van der Waals surface area (Å²) in [6, 6.07) is 14.5. The van der Waals surface area contributed by atoms with Gasteiger partial charge < -0.3 is 5.32 Å². The fraction of sp³-hybridized carbons (Fsp3) is 0.409. The van der Waals surface area contributed by atoms with E-state index in [0.717, 1.165) is 36.6 Å². The van der Waals surface area contributed by atoms with E-state index in [1.807, 2.05) is 38.1 Å². The van der Waals surface area contributed by atoms with Crippen LogP contribution in [0.1, 0.15) is 48.9 Å². The minimum atomic E-state index is -3.62. The summed E-state index contributed by atoms with van der Waals surface area (Å²) in [5.74, 6) is -0.254. The fourth-order valence-electron chi connectivity index (χ4n) is 4.00. The third-order valence-corrected chi connectivity index (χ3v) is 6.45. The number of carbonyl (C=O) groups is 1. The molecule has 0 radical (unpaired) electrons. The number of sulfonamides is 1. The van der Waals surface area contributed by atoms with E-state index >= 15 is 0 Å². The van der Waals surface area contributed by atoms with Crippen LogP contribution in [0.25, 0.3) is 0 Å². The molecule has 1 aliphatic rings.